The zero-order chi connectivity index (χ0) is 16.8. The van der Waals surface area contributed by atoms with Crippen LogP contribution in [0.25, 0.3) is 0 Å². The van der Waals surface area contributed by atoms with Gasteiger partial charge in [0.15, 0.2) is 0 Å². The van der Waals surface area contributed by atoms with E-state index in [-0.39, 0.29) is 6.10 Å². The maximum atomic E-state index is 10.3. The summed E-state index contributed by atoms with van der Waals surface area (Å²) in [6, 6.07) is 9.27. The first-order valence-electron chi connectivity index (χ1n) is 9.68. The highest BCUT2D eigenvalue weighted by atomic mass is 32.2. The lowest BCUT2D eigenvalue weighted by Crippen LogP contribution is -2.54. The van der Waals surface area contributed by atoms with E-state index in [9.17, 15) is 5.11 Å². The fraction of sp³-hybridized carbons (Fsp3) is 0.700. The van der Waals surface area contributed by atoms with Crippen molar-refractivity contribution in [2.45, 2.75) is 62.5 Å². The van der Waals surface area contributed by atoms with Gasteiger partial charge in [-0.3, -0.25) is 4.90 Å². The monoisotopic (exact) mass is 348 g/mol. The molecule has 1 saturated carbocycles. The smallest absolute Gasteiger partial charge is 0.0695 e. The van der Waals surface area contributed by atoms with E-state index in [1.54, 1.807) is 0 Å². The van der Waals surface area contributed by atoms with Crippen LogP contribution in [-0.4, -0.2) is 54.1 Å². The summed E-state index contributed by atoms with van der Waals surface area (Å²) in [5, 5.41) is 10.3. The van der Waals surface area contributed by atoms with Crippen LogP contribution in [0.15, 0.2) is 29.2 Å². The van der Waals surface area contributed by atoms with Gasteiger partial charge in [0, 0.05) is 37.1 Å². The molecule has 2 atom stereocenters. The maximum absolute atomic E-state index is 10.3. The van der Waals surface area contributed by atoms with Gasteiger partial charge < -0.3 is 10.0 Å². The molecule has 134 valence electrons. The molecule has 0 bridgehead atoms. The number of unbranched alkanes of at least 4 members (excludes halogenated alkanes) is 1. The standard InChI is InChI=1S/C20H32N2OS/c1-2-3-16-24-20-11-7-5-9-18(20)22-14-12-21(13-15-22)17-8-4-6-10-19(17)23/h5,7,9,11,17,19,23H,2-4,6,8,10,12-16H2,1H3. The number of benzene rings is 1. The van der Waals surface area contributed by atoms with Crippen LogP contribution in [0.1, 0.15) is 45.4 Å². The Morgan fingerprint density at radius 3 is 2.58 bits per heavy atom. The van der Waals surface area contributed by atoms with Gasteiger partial charge in [0.25, 0.3) is 0 Å². The molecular formula is C20H32N2OS. The lowest BCUT2D eigenvalue weighted by atomic mass is 9.91. The molecule has 1 heterocycles. The van der Waals surface area contributed by atoms with Crippen molar-refractivity contribution in [3.05, 3.63) is 24.3 Å². The summed E-state index contributed by atoms with van der Waals surface area (Å²) >= 11 is 2.00. The third-order valence-electron chi connectivity index (χ3n) is 5.44. The second-order valence-electron chi connectivity index (χ2n) is 7.11. The normalized spacial score (nSPS) is 25.8. The van der Waals surface area contributed by atoms with Crippen LogP contribution in [0.5, 0.6) is 0 Å². The summed E-state index contributed by atoms with van der Waals surface area (Å²) in [5.41, 5.74) is 1.41. The summed E-state index contributed by atoms with van der Waals surface area (Å²) in [6.07, 6.45) is 7.07. The molecule has 1 aliphatic carbocycles. The van der Waals surface area contributed by atoms with Crippen LogP contribution in [0, 0.1) is 0 Å². The van der Waals surface area contributed by atoms with Gasteiger partial charge in [-0.2, -0.15) is 0 Å². The summed E-state index contributed by atoms with van der Waals surface area (Å²) in [7, 11) is 0. The number of aliphatic hydroxyl groups is 1. The molecule has 0 aromatic heterocycles. The van der Waals surface area contributed by atoms with Crippen molar-refractivity contribution in [1.29, 1.82) is 0 Å². The number of hydrogen-bond donors (Lipinski definition) is 1. The first kappa shape index (κ1) is 18.1. The lowest BCUT2D eigenvalue weighted by Gasteiger charge is -2.43. The van der Waals surface area contributed by atoms with Gasteiger partial charge in [-0.15, -0.1) is 11.8 Å². The van der Waals surface area contributed by atoms with E-state index >= 15 is 0 Å². The zero-order valence-corrected chi connectivity index (χ0v) is 15.8. The summed E-state index contributed by atoms with van der Waals surface area (Å²) in [5.74, 6) is 1.21. The predicted molar refractivity (Wildman–Crippen MR) is 104 cm³/mol. The Morgan fingerprint density at radius 1 is 1.08 bits per heavy atom. The highest BCUT2D eigenvalue weighted by molar-refractivity contribution is 7.99. The van der Waals surface area contributed by atoms with Crippen molar-refractivity contribution >= 4 is 17.4 Å². The largest absolute Gasteiger partial charge is 0.391 e. The number of rotatable bonds is 6. The molecule has 0 radical (unpaired) electrons. The van der Waals surface area contributed by atoms with Gasteiger partial charge in [0.1, 0.15) is 0 Å². The highest BCUT2D eigenvalue weighted by Crippen LogP contribution is 2.32. The summed E-state index contributed by atoms with van der Waals surface area (Å²) < 4.78 is 0. The number of para-hydroxylation sites is 1. The molecule has 2 aliphatic rings. The molecule has 2 unspecified atom stereocenters. The molecule has 0 spiro atoms. The number of thioether (sulfide) groups is 1. The number of hydrogen-bond acceptors (Lipinski definition) is 4. The van der Waals surface area contributed by atoms with Gasteiger partial charge in [-0.1, -0.05) is 38.3 Å². The van der Waals surface area contributed by atoms with E-state index in [1.165, 1.54) is 48.4 Å². The van der Waals surface area contributed by atoms with Crippen LogP contribution in [-0.2, 0) is 0 Å². The molecule has 1 aliphatic heterocycles. The van der Waals surface area contributed by atoms with Crippen LogP contribution in [0.4, 0.5) is 5.69 Å². The SMILES string of the molecule is CCCCSc1ccccc1N1CCN(C2CCCCC2O)CC1. The Kier molecular flexibility index (Phi) is 6.87. The van der Waals surface area contributed by atoms with E-state index in [0.717, 1.165) is 32.6 Å². The Balaban J connectivity index is 1.58. The van der Waals surface area contributed by atoms with E-state index in [1.807, 2.05) is 11.8 Å². The number of aliphatic hydroxyl groups excluding tert-OH is 1. The van der Waals surface area contributed by atoms with Crippen molar-refractivity contribution in [3.8, 4) is 0 Å². The first-order valence-corrected chi connectivity index (χ1v) is 10.7. The molecule has 4 heteroatoms. The average Bonchev–Trinajstić information content (AvgIpc) is 2.63. The Morgan fingerprint density at radius 2 is 1.83 bits per heavy atom. The van der Waals surface area contributed by atoms with E-state index in [4.69, 9.17) is 0 Å². The first-order chi connectivity index (χ1) is 11.8. The van der Waals surface area contributed by atoms with Crippen LogP contribution < -0.4 is 4.90 Å². The summed E-state index contributed by atoms with van der Waals surface area (Å²) in [6.45, 7) is 6.57. The molecule has 3 rings (SSSR count). The van der Waals surface area contributed by atoms with Gasteiger partial charge in [0.2, 0.25) is 0 Å². The molecule has 24 heavy (non-hydrogen) atoms. The van der Waals surface area contributed by atoms with Crippen LogP contribution >= 0.6 is 11.8 Å². The van der Waals surface area contributed by atoms with Gasteiger partial charge in [0.05, 0.1) is 11.8 Å². The minimum atomic E-state index is -0.109. The topological polar surface area (TPSA) is 26.7 Å². The molecule has 0 amide bonds. The summed E-state index contributed by atoms with van der Waals surface area (Å²) in [4.78, 5) is 6.50. The van der Waals surface area contributed by atoms with Crippen molar-refractivity contribution in [1.82, 2.24) is 4.90 Å². The van der Waals surface area contributed by atoms with Crippen molar-refractivity contribution in [3.63, 3.8) is 0 Å². The average molecular weight is 349 g/mol. The highest BCUT2D eigenvalue weighted by Gasteiger charge is 2.31. The third-order valence-corrected chi connectivity index (χ3v) is 6.59. The molecule has 3 nitrogen and oxygen atoms in total. The number of piperazine rings is 1. The van der Waals surface area contributed by atoms with E-state index in [0.29, 0.717) is 6.04 Å². The zero-order valence-electron chi connectivity index (χ0n) is 15.0. The van der Waals surface area contributed by atoms with Crippen LogP contribution in [0.2, 0.25) is 0 Å². The molecule has 1 N–H and O–H groups in total. The van der Waals surface area contributed by atoms with Gasteiger partial charge in [-0.05, 0) is 37.1 Å². The van der Waals surface area contributed by atoms with E-state index in [2.05, 4.69) is 41.0 Å². The molecule has 1 aromatic rings. The predicted octanol–water partition coefficient (Wildman–Crippen LogP) is 4.00. The molecule has 2 fully saturated rings. The van der Waals surface area contributed by atoms with Gasteiger partial charge >= 0.3 is 0 Å². The number of anilines is 1. The fourth-order valence-corrected chi connectivity index (χ4v) is 5.15. The fourth-order valence-electron chi connectivity index (χ4n) is 3.98. The van der Waals surface area contributed by atoms with Crippen LogP contribution in [0.3, 0.4) is 0 Å². The molecular weight excluding hydrogens is 316 g/mol. The quantitative estimate of drug-likeness (QED) is 0.621. The van der Waals surface area contributed by atoms with E-state index < -0.39 is 0 Å². The Hall–Kier alpha value is -0.710. The number of nitrogens with zero attached hydrogens (tertiary/aromatic N) is 2. The third kappa shape index (κ3) is 4.47. The van der Waals surface area contributed by atoms with Crippen molar-refractivity contribution < 1.29 is 5.11 Å². The lowest BCUT2D eigenvalue weighted by molar-refractivity contribution is 0.0173. The molecule has 1 saturated heterocycles. The van der Waals surface area contributed by atoms with Crippen molar-refractivity contribution in [2.24, 2.45) is 0 Å². The van der Waals surface area contributed by atoms with Crippen molar-refractivity contribution in [2.75, 3.05) is 36.8 Å². The second-order valence-corrected chi connectivity index (χ2v) is 8.25. The Bertz CT molecular complexity index is 502. The van der Waals surface area contributed by atoms with Gasteiger partial charge in [-0.25, -0.2) is 0 Å². The minimum Gasteiger partial charge on any atom is -0.391 e. The second kappa shape index (κ2) is 9.12. The Labute approximate surface area is 151 Å². The molecule has 1 aromatic carbocycles. The maximum Gasteiger partial charge on any atom is 0.0695 e. The minimum absolute atomic E-state index is 0.109.